The normalized spacial score (nSPS) is 15.4. The van der Waals surface area contributed by atoms with Gasteiger partial charge in [-0.3, -0.25) is 4.79 Å². The van der Waals surface area contributed by atoms with Crippen molar-refractivity contribution in [3.63, 3.8) is 0 Å². The molecular weight excluding hydrogens is 293 g/mol. The molecule has 0 heterocycles. The lowest BCUT2D eigenvalue weighted by Gasteiger charge is -2.13. The summed E-state index contributed by atoms with van der Waals surface area (Å²) in [6.07, 6.45) is -2.37. The SMILES string of the molecule is Nc1c(Cl)cc(C(=O)CNCC2CC2)cc1C(F)(F)F. The predicted octanol–water partition coefficient (Wildman–Crippen LogP) is 3.12. The highest BCUT2D eigenvalue weighted by molar-refractivity contribution is 6.33. The summed E-state index contributed by atoms with van der Waals surface area (Å²) < 4.78 is 38.3. The summed E-state index contributed by atoms with van der Waals surface area (Å²) in [6.45, 7) is 0.703. The van der Waals surface area contributed by atoms with Gasteiger partial charge in [-0.2, -0.15) is 13.2 Å². The fourth-order valence-corrected chi connectivity index (χ4v) is 2.05. The smallest absolute Gasteiger partial charge is 0.397 e. The van der Waals surface area contributed by atoms with Crippen LogP contribution in [-0.2, 0) is 6.18 Å². The molecular formula is C13H14ClF3N2O. The number of Topliss-reactive ketones (excluding diaryl/α,β-unsaturated/α-hetero) is 1. The van der Waals surface area contributed by atoms with E-state index >= 15 is 0 Å². The molecule has 7 heteroatoms. The minimum atomic E-state index is -4.63. The van der Waals surface area contributed by atoms with Crippen molar-refractivity contribution in [2.24, 2.45) is 5.92 Å². The van der Waals surface area contributed by atoms with E-state index in [2.05, 4.69) is 5.32 Å². The third-order valence-electron chi connectivity index (χ3n) is 3.17. The van der Waals surface area contributed by atoms with Gasteiger partial charge in [-0.15, -0.1) is 0 Å². The van der Waals surface area contributed by atoms with E-state index in [-0.39, 0.29) is 17.1 Å². The molecule has 3 N–H and O–H groups in total. The molecule has 110 valence electrons. The Kier molecular flexibility index (Phi) is 4.25. The van der Waals surface area contributed by atoms with Crippen LogP contribution in [0.4, 0.5) is 18.9 Å². The molecule has 0 amide bonds. The molecule has 0 atom stereocenters. The van der Waals surface area contributed by atoms with Gasteiger partial charge < -0.3 is 11.1 Å². The molecule has 2 rings (SSSR count). The van der Waals surface area contributed by atoms with Gasteiger partial charge >= 0.3 is 6.18 Å². The lowest BCUT2D eigenvalue weighted by molar-refractivity contribution is -0.136. The first-order chi connectivity index (χ1) is 9.29. The van der Waals surface area contributed by atoms with Gasteiger partial charge in [0.15, 0.2) is 5.78 Å². The van der Waals surface area contributed by atoms with Gasteiger partial charge in [0.05, 0.1) is 22.8 Å². The number of alkyl halides is 3. The average Bonchev–Trinajstić information content (AvgIpc) is 3.14. The molecule has 0 aromatic heterocycles. The van der Waals surface area contributed by atoms with E-state index in [1.807, 2.05) is 0 Å². The second-order valence-electron chi connectivity index (χ2n) is 4.91. The lowest BCUT2D eigenvalue weighted by Crippen LogP contribution is -2.25. The lowest BCUT2D eigenvalue weighted by atomic mass is 10.0. The number of ketones is 1. The van der Waals surface area contributed by atoms with E-state index in [1.54, 1.807) is 0 Å². The number of carbonyl (C=O) groups is 1. The van der Waals surface area contributed by atoms with Crippen molar-refractivity contribution in [1.29, 1.82) is 0 Å². The maximum atomic E-state index is 12.8. The summed E-state index contributed by atoms with van der Waals surface area (Å²) in [5.74, 6) is 0.154. The highest BCUT2D eigenvalue weighted by atomic mass is 35.5. The van der Waals surface area contributed by atoms with Crippen LogP contribution in [0.3, 0.4) is 0 Å². The van der Waals surface area contributed by atoms with Gasteiger partial charge in [0.2, 0.25) is 0 Å². The first kappa shape index (κ1) is 15.1. The number of hydrogen-bond acceptors (Lipinski definition) is 3. The Hall–Kier alpha value is -1.27. The van der Waals surface area contributed by atoms with Gasteiger partial charge in [0, 0.05) is 5.56 Å². The molecule has 1 fully saturated rings. The van der Waals surface area contributed by atoms with Crippen LogP contribution >= 0.6 is 11.6 Å². The zero-order valence-electron chi connectivity index (χ0n) is 10.6. The van der Waals surface area contributed by atoms with Gasteiger partial charge in [-0.25, -0.2) is 0 Å². The quantitative estimate of drug-likeness (QED) is 0.649. The molecule has 1 aromatic rings. The van der Waals surface area contributed by atoms with Crippen LogP contribution in [0.1, 0.15) is 28.8 Å². The van der Waals surface area contributed by atoms with Crippen LogP contribution in [0, 0.1) is 5.92 Å². The van der Waals surface area contributed by atoms with Crippen molar-refractivity contribution in [1.82, 2.24) is 5.32 Å². The zero-order valence-corrected chi connectivity index (χ0v) is 11.3. The standard InChI is InChI=1S/C13H14ClF3N2O/c14-10-4-8(3-9(12(10)18)13(15,16)17)11(20)6-19-5-7-1-2-7/h3-4,7,19H,1-2,5-6,18H2. The molecule has 0 unspecified atom stereocenters. The van der Waals surface area contributed by atoms with Gasteiger partial charge in [0.1, 0.15) is 0 Å². The van der Waals surface area contributed by atoms with E-state index in [0.717, 1.165) is 18.9 Å². The van der Waals surface area contributed by atoms with Gasteiger partial charge in [0.25, 0.3) is 0 Å². The first-order valence-corrected chi connectivity index (χ1v) is 6.57. The molecule has 1 aliphatic rings. The van der Waals surface area contributed by atoms with Crippen LogP contribution in [0.2, 0.25) is 5.02 Å². The van der Waals surface area contributed by atoms with Gasteiger partial charge in [-0.1, -0.05) is 11.6 Å². The van der Waals surface area contributed by atoms with Crippen molar-refractivity contribution in [3.8, 4) is 0 Å². The molecule has 1 aromatic carbocycles. The molecule has 0 saturated heterocycles. The van der Waals surface area contributed by atoms with Crippen LogP contribution < -0.4 is 11.1 Å². The Morgan fingerprint density at radius 2 is 2.05 bits per heavy atom. The maximum Gasteiger partial charge on any atom is 0.418 e. The van der Waals surface area contributed by atoms with Crippen molar-refractivity contribution in [3.05, 3.63) is 28.3 Å². The maximum absolute atomic E-state index is 12.8. The molecule has 0 radical (unpaired) electrons. The summed E-state index contributed by atoms with van der Waals surface area (Å²) in [4.78, 5) is 11.9. The van der Waals surface area contributed by atoms with E-state index in [4.69, 9.17) is 17.3 Å². The molecule has 0 aliphatic heterocycles. The summed E-state index contributed by atoms with van der Waals surface area (Å²) in [7, 11) is 0. The summed E-state index contributed by atoms with van der Waals surface area (Å²) in [5, 5.41) is 2.67. The average molecular weight is 307 g/mol. The Morgan fingerprint density at radius 3 is 2.60 bits per heavy atom. The third-order valence-corrected chi connectivity index (χ3v) is 3.49. The first-order valence-electron chi connectivity index (χ1n) is 6.19. The van der Waals surface area contributed by atoms with Crippen LogP contribution in [-0.4, -0.2) is 18.9 Å². The fraction of sp³-hybridized carbons (Fsp3) is 0.462. The van der Waals surface area contributed by atoms with E-state index in [1.165, 1.54) is 6.07 Å². The highest BCUT2D eigenvalue weighted by Gasteiger charge is 2.34. The summed E-state index contributed by atoms with van der Waals surface area (Å²) in [6, 6.07) is 1.93. The summed E-state index contributed by atoms with van der Waals surface area (Å²) >= 11 is 5.67. The van der Waals surface area contributed by atoms with E-state index in [9.17, 15) is 18.0 Å². The number of hydrogen-bond donors (Lipinski definition) is 2. The number of rotatable bonds is 5. The number of halogens is 4. The monoisotopic (exact) mass is 306 g/mol. The summed E-state index contributed by atoms with van der Waals surface area (Å²) in [5.41, 5.74) is 3.60. The third kappa shape index (κ3) is 3.64. The molecule has 20 heavy (non-hydrogen) atoms. The number of carbonyl (C=O) groups excluding carboxylic acids is 1. The molecule has 3 nitrogen and oxygen atoms in total. The highest BCUT2D eigenvalue weighted by Crippen LogP contribution is 2.37. The number of nitrogens with two attached hydrogens (primary N) is 1. The topological polar surface area (TPSA) is 55.1 Å². The largest absolute Gasteiger partial charge is 0.418 e. The van der Waals surface area contributed by atoms with Crippen LogP contribution in [0.25, 0.3) is 0 Å². The number of nitrogen functional groups attached to an aromatic ring is 1. The van der Waals surface area contributed by atoms with Crippen molar-refractivity contribution >= 4 is 23.1 Å². The van der Waals surface area contributed by atoms with E-state index in [0.29, 0.717) is 12.5 Å². The number of benzene rings is 1. The van der Waals surface area contributed by atoms with Crippen molar-refractivity contribution in [2.45, 2.75) is 19.0 Å². The van der Waals surface area contributed by atoms with Crippen molar-refractivity contribution < 1.29 is 18.0 Å². The Balaban J connectivity index is 2.14. The number of anilines is 1. The Bertz CT molecular complexity index is 527. The minimum absolute atomic E-state index is 0.00591. The predicted molar refractivity (Wildman–Crippen MR) is 70.8 cm³/mol. The van der Waals surface area contributed by atoms with Crippen LogP contribution in [0.5, 0.6) is 0 Å². The Labute approximate surface area is 119 Å². The molecule has 0 spiro atoms. The van der Waals surface area contributed by atoms with E-state index < -0.39 is 23.2 Å². The second-order valence-corrected chi connectivity index (χ2v) is 5.32. The second kappa shape index (κ2) is 5.61. The molecule has 1 aliphatic carbocycles. The molecule has 0 bridgehead atoms. The van der Waals surface area contributed by atoms with Gasteiger partial charge in [-0.05, 0) is 37.4 Å². The minimum Gasteiger partial charge on any atom is -0.397 e. The fourth-order valence-electron chi connectivity index (χ4n) is 1.83. The van der Waals surface area contributed by atoms with Crippen LogP contribution in [0.15, 0.2) is 12.1 Å². The Morgan fingerprint density at radius 1 is 1.40 bits per heavy atom. The van der Waals surface area contributed by atoms with Crippen molar-refractivity contribution in [2.75, 3.05) is 18.8 Å². The number of nitrogens with one attached hydrogen (secondary N) is 1. The molecule has 1 saturated carbocycles. The zero-order chi connectivity index (χ0) is 14.9.